The van der Waals surface area contributed by atoms with E-state index in [4.69, 9.17) is 0 Å². The van der Waals surface area contributed by atoms with Crippen molar-refractivity contribution in [3.8, 4) is 0 Å². The molecule has 3 rings (SSSR count). The Kier molecular flexibility index (Phi) is 5.91. The molecule has 0 saturated carbocycles. The van der Waals surface area contributed by atoms with E-state index in [1.165, 1.54) is 17.9 Å². The maximum atomic E-state index is 12.3. The van der Waals surface area contributed by atoms with Crippen LogP contribution in [0.4, 0.5) is 0 Å². The van der Waals surface area contributed by atoms with Gasteiger partial charge in [-0.15, -0.1) is 0 Å². The van der Waals surface area contributed by atoms with Gasteiger partial charge in [-0.2, -0.15) is 0 Å². The van der Waals surface area contributed by atoms with E-state index in [1.807, 2.05) is 55.6 Å². The van der Waals surface area contributed by atoms with Crippen LogP contribution in [0.5, 0.6) is 0 Å². The van der Waals surface area contributed by atoms with Crippen LogP contribution >= 0.6 is 0 Å². The number of benzene rings is 2. The third kappa shape index (κ3) is 4.76. The number of nitrogens with one attached hydrogen (secondary N) is 2. The summed E-state index contributed by atoms with van der Waals surface area (Å²) in [6.45, 7) is 4.55. The Labute approximate surface area is 159 Å². The second-order valence-corrected chi connectivity index (χ2v) is 6.76. The molecule has 27 heavy (non-hydrogen) atoms. The summed E-state index contributed by atoms with van der Waals surface area (Å²) in [5.74, 6) is -0.247. The summed E-state index contributed by atoms with van der Waals surface area (Å²) in [6, 6.07) is 16.0. The topological polar surface area (TPSA) is 65.2 Å². The number of fused-ring (bicyclic) bond motifs is 1. The maximum absolute atomic E-state index is 12.3. The van der Waals surface area contributed by atoms with E-state index in [0.717, 1.165) is 23.1 Å². The van der Waals surface area contributed by atoms with Gasteiger partial charge in [-0.1, -0.05) is 42.5 Å². The summed E-state index contributed by atoms with van der Waals surface area (Å²) in [6.07, 6.45) is 2.73. The fraction of sp³-hybridized carbons (Fsp3) is 0.273. The predicted molar refractivity (Wildman–Crippen MR) is 107 cm³/mol. The smallest absolute Gasteiger partial charge is 0.239 e. The number of aromatic nitrogens is 1. The van der Waals surface area contributed by atoms with Crippen molar-refractivity contribution in [1.82, 2.24) is 15.2 Å². The Balaban J connectivity index is 1.53. The van der Waals surface area contributed by atoms with Crippen LogP contribution in [-0.2, 0) is 22.6 Å². The molecular weight excluding hydrogens is 338 g/mol. The highest BCUT2D eigenvalue weighted by Gasteiger charge is 2.15. The minimum atomic E-state index is -0.140. The first kappa shape index (κ1) is 18.7. The predicted octanol–water partition coefficient (Wildman–Crippen LogP) is 3.18. The van der Waals surface area contributed by atoms with Crippen molar-refractivity contribution < 1.29 is 9.59 Å². The van der Waals surface area contributed by atoms with Crippen LogP contribution in [0.1, 0.15) is 23.6 Å². The molecule has 2 amide bonds. The Morgan fingerprint density at radius 2 is 1.78 bits per heavy atom. The molecule has 0 aliphatic carbocycles. The second-order valence-electron chi connectivity index (χ2n) is 6.76. The normalized spacial score (nSPS) is 10.7. The van der Waals surface area contributed by atoms with Crippen LogP contribution in [0.2, 0.25) is 0 Å². The number of aromatic amines is 1. The molecule has 140 valence electrons. The third-order valence-electron chi connectivity index (χ3n) is 4.79. The number of aryl methyl sites for hydroxylation is 1. The summed E-state index contributed by atoms with van der Waals surface area (Å²) >= 11 is 0. The van der Waals surface area contributed by atoms with Crippen molar-refractivity contribution in [1.29, 1.82) is 0 Å². The number of hydrogen-bond donors (Lipinski definition) is 2. The first-order valence-corrected chi connectivity index (χ1v) is 9.16. The lowest BCUT2D eigenvalue weighted by Gasteiger charge is -2.21. The molecule has 0 unspecified atom stereocenters. The SMILES string of the molecule is CC(=O)N(CC(=O)NCCc1c[nH]c2ccccc12)Cc1ccccc1C. The quantitative estimate of drug-likeness (QED) is 0.677. The first-order valence-electron chi connectivity index (χ1n) is 9.16. The first-order chi connectivity index (χ1) is 13.0. The number of hydrogen-bond acceptors (Lipinski definition) is 2. The van der Waals surface area contributed by atoms with Gasteiger partial charge in [-0.25, -0.2) is 0 Å². The molecule has 0 bridgehead atoms. The number of amides is 2. The minimum Gasteiger partial charge on any atom is -0.361 e. The van der Waals surface area contributed by atoms with Crippen molar-refractivity contribution in [3.05, 3.63) is 71.4 Å². The zero-order valence-electron chi connectivity index (χ0n) is 15.8. The fourth-order valence-electron chi connectivity index (χ4n) is 3.18. The van der Waals surface area contributed by atoms with Crippen LogP contribution in [0.15, 0.2) is 54.7 Å². The van der Waals surface area contributed by atoms with Gasteiger partial charge in [0, 0.05) is 37.1 Å². The number of carbonyl (C=O) groups is 2. The largest absolute Gasteiger partial charge is 0.361 e. The highest BCUT2D eigenvalue weighted by molar-refractivity contribution is 5.84. The van der Waals surface area contributed by atoms with Gasteiger partial charge < -0.3 is 15.2 Å². The third-order valence-corrected chi connectivity index (χ3v) is 4.79. The van der Waals surface area contributed by atoms with Gasteiger partial charge in [0.1, 0.15) is 0 Å². The molecule has 5 nitrogen and oxygen atoms in total. The van der Waals surface area contributed by atoms with Crippen LogP contribution in [-0.4, -0.2) is 34.8 Å². The van der Waals surface area contributed by atoms with E-state index >= 15 is 0 Å². The maximum Gasteiger partial charge on any atom is 0.239 e. The highest BCUT2D eigenvalue weighted by Crippen LogP contribution is 2.17. The molecule has 0 fully saturated rings. The van der Waals surface area contributed by atoms with E-state index < -0.39 is 0 Å². The van der Waals surface area contributed by atoms with Gasteiger partial charge in [0.15, 0.2) is 0 Å². The Hall–Kier alpha value is -3.08. The average Bonchev–Trinajstić information content (AvgIpc) is 3.06. The standard InChI is InChI=1S/C22H25N3O2/c1-16-7-3-4-8-19(16)14-25(17(2)26)15-22(27)23-12-11-18-13-24-21-10-6-5-9-20(18)21/h3-10,13,24H,11-12,14-15H2,1-2H3,(H,23,27). The van der Waals surface area contributed by atoms with E-state index in [2.05, 4.69) is 16.4 Å². The molecule has 0 spiro atoms. The molecule has 3 aromatic rings. The number of nitrogens with zero attached hydrogens (tertiary/aromatic N) is 1. The van der Waals surface area contributed by atoms with Crippen molar-refractivity contribution in [2.45, 2.75) is 26.8 Å². The Bertz CT molecular complexity index is 945. The Morgan fingerprint density at radius 3 is 2.56 bits per heavy atom. The van der Waals surface area contributed by atoms with Gasteiger partial charge in [-0.3, -0.25) is 9.59 Å². The van der Waals surface area contributed by atoms with Crippen LogP contribution in [0.3, 0.4) is 0 Å². The summed E-state index contributed by atoms with van der Waals surface area (Å²) < 4.78 is 0. The van der Waals surface area contributed by atoms with Gasteiger partial charge >= 0.3 is 0 Å². The zero-order chi connectivity index (χ0) is 19.2. The Morgan fingerprint density at radius 1 is 1.04 bits per heavy atom. The summed E-state index contributed by atoms with van der Waals surface area (Å²) in [5.41, 5.74) is 4.44. The molecule has 0 aliphatic heterocycles. The molecule has 0 radical (unpaired) electrons. The summed E-state index contributed by atoms with van der Waals surface area (Å²) in [7, 11) is 0. The van der Waals surface area contributed by atoms with Crippen LogP contribution in [0, 0.1) is 6.92 Å². The number of H-pyrrole nitrogens is 1. The van der Waals surface area contributed by atoms with E-state index in [0.29, 0.717) is 13.1 Å². The number of rotatable bonds is 7. The lowest BCUT2D eigenvalue weighted by Crippen LogP contribution is -2.40. The summed E-state index contributed by atoms with van der Waals surface area (Å²) in [4.78, 5) is 29.1. The molecule has 1 heterocycles. The van der Waals surface area contributed by atoms with Crippen LogP contribution < -0.4 is 5.32 Å². The van der Waals surface area contributed by atoms with E-state index in [-0.39, 0.29) is 18.4 Å². The van der Waals surface area contributed by atoms with Gasteiger partial charge in [0.05, 0.1) is 6.54 Å². The molecule has 0 aliphatic rings. The lowest BCUT2D eigenvalue weighted by molar-refractivity contribution is -0.134. The average molecular weight is 363 g/mol. The van der Waals surface area contributed by atoms with Crippen LogP contribution in [0.25, 0.3) is 10.9 Å². The molecule has 2 aromatic carbocycles. The monoisotopic (exact) mass is 363 g/mol. The van der Waals surface area contributed by atoms with Crippen molar-refractivity contribution >= 4 is 22.7 Å². The minimum absolute atomic E-state index is 0.0670. The molecule has 5 heteroatoms. The molecule has 2 N–H and O–H groups in total. The zero-order valence-corrected chi connectivity index (χ0v) is 15.8. The number of carbonyl (C=O) groups excluding carboxylic acids is 2. The highest BCUT2D eigenvalue weighted by atomic mass is 16.2. The van der Waals surface area contributed by atoms with Crippen molar-refractivity contribution in [3.63, 3.8) is 0 Å². The van der Waals surface area contributed by atoms with Crippen molar-refractivity contribution in [2.75, 3.05) is 13.1 Å². The molecular formula is C22H25N3O2. The molecule has 0 atom stereocenters. The summed E-state index contributed by atoms with van der Waals surface area (Å²) in [5, 5.41) is 4.10. The number of para-hydroxylation sites is 1. The van der Waals surface area contributed by atoms with Gasteiger partial charge in [0.25, 0.3) is 0 Å². The molecule has 0 saturated heterocycles. The second kappa shape index (κ2) is 8.54. The lowest BCUT2D eigenvalue weighted by atomic mass is 10.1. The van der Waals surface area contributed by atoms with Gasteiger partial charge in [-0.05, 0) is 36.1 Å². The fourth-order valence-corrected chi connectivity index (χ4v) is 3.18. The van der Waals surface area contributed by atoms with E-state index in [9.17, 15) is 9.59 Å². The van der Waals surface area contributed by atoms with Crippen molar-refractivity contribution in [2.24, 2.45) is 0 Å². The van der Waals surface area contributed by atoms with Gasteiger partial charge in [0.2, 0.25) is 11.8 Å². The molecule has 1 aromatic heterocycles. The van der Waals surface area contributed by atoms with E-state index in [1.54, 1.807) is 4.90 Å².